The third-order valence-corrected chi connectivity index (χ3v) is 3.86. The lowest BCUT2D eigenvalue weighted by Crippen LogP contribution is -2.23. The van der Waals surface area contributed by atoms with E-state index in [-0.39, 0.29) is 29.9 Å². The summed E-state index contributed by atoms with van der Waals surface area (Å²) < 4.78 is 0. The average molecular weight is 324 g/mol. The predicted molar refractivity (Wildman–Crippen MR) is 94.8 cm³/mol. The number of Topliss-reactive ketones (excluding diaryl/α,β-unsaturated/α-hetero) is 1. The van der Waals surface area contributed by atoms with Crippen LogP contribution in [0.3, 0.4) is 0 Å². The van der Waals surface area contributed by atoms with Gasteiger partial charge in [-0.25, -0.2) is 0 Å². The first kappa shape index (κ1) is 17.9. The van der Waals surface area contributed by atoms with Crippen LogP contribution in [0, 0.1) is 0 Å². The monoisotopic (exact) mass is 324 g/mol. The van der Waals surface area contributed by atoms with Gasteiger partial charge in [0.15, 0.2) is 5.78 Å². The topological polar surface area (TPSA) is 59.1 Å². The number of rotatable bonds is 6. The normalized spacial score (nSPS) is 11.1. The van der Waals surface area contributed by atoms with Gasteiger partial charge in [-0.2, -0.15) is 0 Å². The van der Waals surface area contributed by atoms with E-state index in [9.17, 15) is 9.59 Å². The van der Waals surface area contributed by atoms with Crippen LogP contribution in [0.15, 0.2) is 48.8 Å². The van der Waals surface area contributed by atoms with Crippen molar-refractivity contribution in [2.24, 2.45) is 0 Å². The zero-order valence-corrected chi connectivity index (χ0v) is 14.5. The van der Waals surface area contributed by atoms with Gasteiger partial charge in [-0.15, -0.1) is 0 Å². The van der Waals surface area contributed by atoms with Crippen molar-refractivity contribution in [1.82, 2.24) is 10.3 Å². The van der Waals surface area contributed by atoms with E-state index in [2.05, 4.69) is 31.1 Å². The van der Waals surface area contributed by atoms with Crippen molar-refractivity contribution in [2.45, 2.75) is 45.6 Å². The van der Waals surface area contributed by atoms with E-state index in [1.54, 1.807) is 12.4 Å². The zero-order chi connectivity index (χ0) is 17.6. The van der Waals surface area contributed by atoms with E-state index in [4.69, 9.17) is 0 Å². The Morgan fingerprint density at radius 2 is 1.75 bits per heavy atom. The second-order valence-electron chi connectivity index (χ2n) is 6.89. The second-order valence-corrected chi connectivity index (χ2v) is 6.89. The molecule has 0 fully saturated rings. The summed E-state index contributed by atoms with van der Waals surface area (Å²) in [6.45, 7) is 6.84. The van der Waals surface area contributed by atoms with Gasteiger partial charge in [0.2, 0.25) is 5.91 Å². The van der Waals surface area contributed by atoms with Crippen LogP contribution >= 0.6 is 0 Å². The summed E-state index contributed by atoms with van der Waals surface area (Å²) >= 11 is 0. The molecule has 0 unspecified atom stereocenters. The molecule has 126 valence electrons. The lowest BCUT2D eigenvalue weighted by atomic mass is 9.86. The number of carbonyl (C=O) groups is 2. The van der Waals surface area contributed by atoms with Gasteiger partial charge in [0.25, 0.3) is 0 Å². The maximum atomic E-state index is 12.2. The van der Waals surface area contributed by atoms with Gasteiger partial charge in [-0.3, -0.25) is 14.6 Å². The minimum Gasteiger partial charge on any atom is -0.352 e. The number of nitrogens with one attached hydrogen (secondary N) is 1. The standard InChI is InChI=1S/C20H24N2O2/c1-20(2,3)17-8-6-16(7-9-17)18(23)10-11-19(24)22-14-15-5-4-12-21-13-15/h4-9,12-13H,10-11,14H2,1-3H3,(H,22,24). The first-order chi connectivity index (χ1) is 11.4. The molecule has 4 heteroatoms. The summed E-state index contributed by atoms with van der Waals surface area (Å²) in [5, 5.41) is 2.80. The number of benzene rings is 1. The molecule has 0 bridgehead atoms. The molecule has 1 aromatic carbocycles. The zero-order valence-electron chi connectivity index (χ0n) is 14.5. The Hall–Kier alpha value is -2.49. The molecular formula is C20H24N2O2. The largest absolute Gasteiger partial charge is 0.352 e. The fourth-order valence-corrected chi connectivity index (χ4v) is 2.32. The molecular weight excluding hydrogens is 300 g/mol. The van der Waals surface area contributed by atoms with E-state index < -0.39 is 0 Å². The van der Waals surface area contributed by atoms with Crippen molar-refractivity contribution in [2.75, 3.05) is 0 Å². The first-order valence-corrected chi connectivity index (χ1v) is 8.15. The number of carbonyl (C=O) groups excluding carboxylic acids is 2. The van der Waals surface area contributed by atoms with Crippen LogP contribution in [-0.4, -0.2) is 16.7 Å². The molecule has 0 saturated heterocycles. The molecule has 1 aromatic heterocycles. The Kier molecular flexibility index (Phi) is 5.85. The van der Waals surface area contributed by atoms with E-state index in [0.29, 0.717) is 12.1 Å². The number of hydrogen-bond donors (Lipinski definition) is 1. The molecule has 4 nitrogen and oxygen atoms in total. The lowest BCUT2D eigenvalue weighted by Gasteiger charge is -2.18. The third kappa shape index (κ3) is 5.30. The highest BCUT2D eigenvalue weighted by Gasteiger charge is 2.14. The summed E-state index contributed by atoms with van der Waals surface area (Å²) in [7, 11) is 0. The predicted octanol–water partition coefficient (Wildman–Crippen LogP) is 3.66. The van der Waals surface area contributed by atoms with E-state index in [1.807, 2.05) is 36.4 Å². The maximum Gasteiger partial charge on any atom is 0.220 e. The molecule has 0 aliphatic heterocycles. The fourth-order valence-electron chi connectivity index (χ4n) is 2.32. The summed E-state index contributed by atoms with van der Waals surface area (Å²) in [4.78, 5) is 28.0. The van der Waals surface area contributed by atoms with Crippen molar-refractivity contribution < 1.29 is 9.59 Å². The lowest BCUT2D eigenvalue weighted by molar-refractivity contribution is -0.121. The number of nitrogens with zero attached hydrogens (tertiary/aromatic N) is 1. The van der Waals surface area contributed by atoms with Gasteiger partial charge in [0.05, 0.1) is 0 Å². The highest BCUT2D eigenvalue weighted by molar-refractivity contribution is 5.98. The summed E-state index contributed by atoms with van der Waals surface area (Å²) in [6, 6.07) is 11.4. The van der Waals surface area contributed by atoms with Crippen LogP contribution in [0.4, 0.5) is 0 Å². The van der Waals surface area contributed by atoms with Crippen LogP contribution in [0.25, 0.3) is 0 Å². The van der Waals surface area contributed by atoms with Gasteiger partial charge in [0.1, 0.15) is 0 Å². The van der Waals surface area contributed by atoms with Gasteiger partial charge >= 0.3 is 0 Å². The minimum atomic E-state index is -0.126. The van der Waals surface area contributed by atoms with Crippen molar-refractivity contribution in [1.29, 1.82) is 0 Å². The van der Waals surface area contributed by atoms with Crippen LogP contribution < -0.4 is 5.32 Å². The fraction of sp³-hybridized carbons (Fsp3) is 0.350. The maximum absolute atomic E-state index is 12.2. The Balaban J connectivity index is 1.81. The van der Waals surface area contributed by atoms with Crippen LogP contribution in [-0.2, 0) is 16.8 Å². The van der Waals surface area contributed by atoms with Crippen LogP contribution in [0.2, 0.25) is 0 Å². The Morgan fingerprint density at radius 3 is 2.33 bits per heavy atom. The molecule has 24 heavy (non-hydrogen) atoms. The van der Waals surface area contributed by atoms with Gasteiger partial charge < -0.3 is 5.32 Å². The minimum absolute atomic E-state index is 0.00742. The van der Waals surface area contributed by atoms with Crippen LogP contribution in [0.1, 0.15) is 55.1 Å². The Labute approximate surface area is 143 Å². The van der Waals surface area contributed by atoms with E-state index >= 15 is 0 Å². The van der Waals surface area contributed by atoms with Crippen molar-refractivity contribution in [3.05, 3.63) is 65.5 Å². The smallest absolute Gasteiger partial charge is 0.220 e. The van der Waals surface area contributed by atoms with Crippen LogP contribution in [0.5, 0.6) is 0 Å². The second kappa shape index (κ2) is 7.86. The Bertz CT molecular complexity index is 686. The first-order valence-electron chi connectivity index (χ1n) is 8.15. The molecule has 0 aliphatic carbocycles. The molecule has 0 aliphatic rings. The van der Waals surface area contributed by atoms with Gasteiger partial charge in [-0.1, -0.05) is 51.1 Å². The van der Waals surface area contributed by atoms with Crippen molar-refractivity contribution >= 4 is 11.7 Å². The Morgan fingerprint density at radius 1 is 1.04 bits per heavy atom. The van der Waals surface area contributed by atoms with Crippen molar-refractivity contribution in [3.63, 3.8) is 0 Å². The SMILES string of the molecule is CC(C)(C)c1ccc(C(=O)CCC(=O)NCc2cccnc2)cc1. The molecule has 0 radical (unpaired) electrons. The average Bonchev–Trinajstić information content (AvgIpc) is 2.58. The quantitative estimate of drug-likeness (QED) is 0.825. The summed E-state index contributed by atoms with van der Waals surface area (Å²) in [5.74, 6) is -0.134. The molecule has 0 saturated carbocycles. The summed E-state index contributed by atoms with van der Waals surface area (Å²) in [6.07, 6.45) is 3.81. The molecule has 2 rings (SSSR count). The number of pyridine rings is 1. The molecule has 0 spiro atoms. The molecule has 1 heterocycles. The molecule has 0 atom stereocenters. The van der Waals surface area contributed by atoms with E-state index in [0.717, 1.165) is 5.56 Å². The highest BCUT2D eigenvalue weighted by Crippen LogP contribution is 2.22. The van der Waals surface area contributed by atoms with Gasteiger partial charge in [-0.05, 0) is 22.6 Å². The third-order valence-electron chi connectivity index (χ3n) is 3.86. The molecule has 2 aromatic rings. The van der Waals surface area contributed by atoms with Crippen molar-refractivity contribution in [3.8, 4) is 0 Å². The molecule has 1 amide bonds. The number of amides is 1. The summed E-state index contributed by atoms with van der Waals surface area (Å²) in [5.41, 5.74) is 2.85. The van der Waals surface area contributed by atoms with Gasteiger partial charge in [0, 0.05) is 37.3 Å². The molecule has 1 N–H and O–H groups in total. The van der Waals surface area contributed by atoms with E-state index in [1.165, 1.54) is 5.56 Å². The number of ketones is 1. The number of hydrogen-bond acceptors (Lipinski definition) is 3. The number of aromatic nitrogens is 1. The highest BCUT2D eigenvalue weighted by atomic mass is 16.2.